The quantitative estimate of drug-likeness (QED) is 0.0346. The minimum atomic E-state index is -2.56. The zero-order chi connectivity index (χ0) is 80.2. The molecule has 1 unspecified atom stereocenters. The van der Waals surface area contributed by atoms with Gasteiger partial charge in [-0.15, -0.1) is 0 Å². The lowest BCUT2D eigenvalue weighted by Crippen LogP contribution is -2.71. The second kappa shape index (κ2) is 39.1. The molecule has 0 aromatic carbocycles. The maximum Gasteiger partial charge on any atom is 0.217 e. The Morgan fingerprint density at radius 2 is 0.495 bits per heavy atom. The van der Waals surface area contributed by atoms with Gasteiger partial charge in [-0.05, 0) is 0 Å². The Labute approximate surface area is 616 Å². The van der Waals surface area contributed by atoms with E-state index in [2.05, 4.69) is 16.0 Å². The summed E-state index contributed by atoms with van der Waals surface area (Å²) in [5.74, 6) is -2.67. The number of rotatable bonds is 28. The smallest absolute Gasteiger partial charge is 0.217 e. The zero-order valence-corrected chi connectivity index (χ0v) is 58.1. The van der Waals surface area contributed by atoms with Crippen molar-refractivity contribution in [3.05, 3.63) is 0 Å². The van der Waals surface area contributed by atoms with E-state index in [1.807, 2.05) is 0 Å². The molecule has 0 bridgehead atoms. The number of nitrogens with one attached hydrogen (secondary N) is 3. The van der Waals surface area contributed by atoms with Crippen LogP contribution in [0.25, 0.3) is 0 Å². The summed E-state index contributed by atoms with van der Waals surface area (Å²) in [7, 11) is 0. The lowest BCUT2D eigenvalue weighted by atomic mass is 9.93. The molecule has 9 saturated heterocycles. The molecule has 0 spiro atoms. The fourth-order valence-electron chi connectivity index (χ4n) is 14.0. The number of aliphatic hydroxyl groups excluding tert-OH is 26. The monoisotopic (exact) mass is 1600 g/mol. The van der Waals surface area contributed by atoms with Crippen molar-refractivity contribution in [2.45, 2.75) is 297 Å². The van der Waals surface area contributed by atoms with Gasteiger partial charge in [-0.25, -0.2) is 0 Å². The van der Waals surface area contributed by atoms with Crippen molar-refractivity contribution in [1.82, 2.24) is 16.0 Å². The van der Waals surface area contributed by atoms with E-state index in [-0.39, 0.29) is 0 Å². The average molecular weight is 1600 g/mol. The van der Waals surface area contributed by atoms with Crippen LogP contribution in [0.3, 0.4) is 0 Å². The lowest BCUT2D eigenvalue weighted by molar-refractivity contribution is -0.400. The number of ether oxygens (including phenoxy) is 17. The molecule has 3 amide bonds. The number of carbonyl (C=O) groups excluding carboxylic acids is 3. The zero-order valence-electron chi connectivity index (χ0n) is 58.1. The predicted octanol–water partition coefficient (Wildman–Crippen LogP) is -20.2. The largest absolute Gasteiger partial charge is 0.394 e. The molecule has 109 heavy (non-hydrogen) atoms. The van der Waals surface area contributed by atoms with Crippen molar-refractivity contribution in [3.8, 4) is 0 Å². The van der Waals surface area contributed by atoms with Gasteiger partial charge in [0.1, 0.15) is 220 Å². The molecule has 9 aliphatic heterocycles. The van der Waals surface area contributed by atoms with E-state index < -0.39 is 353 Å². The van der Waals surface area contributed by atoms with Crippen LogP contribution >= 0.6 is 0 Å². The Hall–Kier alpha value is -3.31. The molecule has 29 N–H and O–H groups in total. The van der Waals surface area contributed by atoms with E-state index in [9.17, 15) is 147 Å². The minimum Gasteiger partial charge on any atom is -0.394 e. The van der Waals surface area contributed by atoms with Crippen LogP contribution in [-0.2, 0) is 94.9 Å². The number of carbonyl (C=O) groups is 3. The molecule has 49 nitrogen and oxygen atoms in total. The van der Waals surface area contributed by atoms with Crippen molar-refractivity contribution in [3.63, 3.8) is 0 Å². The summed E-state index contributed by atoms with van der Waals surface area (Å²) in [6.45, 7) is -6.93. The van der Waals surface area contributed by atoms with Crippen molar-refractivity contribution in [2.24, 2.45) is 0 Å². The van der Waals surface area contributed by atoms with E-state index >= 15 is 0 Å². The van der Waals surface area contributed by atoms with Crippen molar-refractivity contribution in [2.75, 3.05) is 59.5 Å². The number of amides is 3. The van der Waals surface area contributed by atoms with Gasteiger partial charge in [0.15, 0.2) is 56.6 Å². The van der Waals surface area contributed by atoms with Crippen LogP contribution < -0.4 is 16.0 Å². The Balaban J connectivity index is 1.04. The van der Waals surface area contributed by atoms with Crippen LogP contribution in [0.15, 0.2) is 0 Å². The first-order chi connectivity index (χ1) is 51.6. The van der Waals surface area contributed by atoms with E-state index in [0.717, 1.165) is 20.8 Å². The van der Waals surface area contributed by atoms with Gasteiger partial charge in [0.05, 0.1) is 59.5 Å². The molecule has 9 rings (SSSR count). The van der Waals surface area contributed by atoms with Gasteiger partial charge in [0, 0.05) is 20.8 Å². The predicted molar refractivity (Wildman–Crippen MR) is 332 cm³/mol. The third kappa shape index (κ3) is 19.5. The molecule has 632 valence electrons. The summed E-state index contributed by atoms with van der Waals surface area (Å²) in [6, 6.07) is -5.50. The molecule has 49 heteroatoms. The summed E-state index contributed by atoms with van der Waals surface area (Å²) < 4.78 is 99.5. The van der Waals surface area contributed by atoms with Gasteiger partial charge in [-0.1, -0.05) is 0 Å². The van der Waals surface area contributed by atoms with Crippen LogP contribution in [0.2, 0.25) is 0 Å². The van der Waals surface area contributed by atoms with Crippen molar-refractivity contribution in [1.29, 1.82) is 0 Å². The second-order valence-corrected chi connectivity index (χ2v) is 27.4. The summed E-state index contributed by atoms with van der Waals surface area (Å²) in [4.78, 5) is 38.0. The molecule has 0 aromatic rings. The highest BCUT2D eigenvalue weighted by molar-refractivity contribution is 5.74. The molecule has 9 aliphatic rings. The maximum absolute atomic E-state index is 12.9. The fourth-order valence-corrected chi connectivity index (χ4v) is 14.0. The van der Waals surface area contributed by atoms with Crippen molar-refractivity contribution < 1.29 is 228 Å². The van der Waals surface area contributed by atoms with E-state index in [1.54, 1.807) is 0 Å². The molecule has 45 atom stereocenters. The first kappa shape index (κ1) is 89.6. The summed E-state index contributed by atoms with van der Waals surface area (Å²) >= 11 is 0. The number of aliphatic hydroxyl groups is 26. The van der Waals surface area contributed by atoms with Crippen LogP contribution in [0.4, 0.5) is 0 Å². The van der Waals surface area contributed by atoms with Crippen molar-refractivity contribution >= 4 is 17.7 Å². The molecular formula is C60H101N3O46. The molecule has 0 aromatic heterocycles. The molecule has 9 fully saturated rings. The average Bonchev–Trinajstić information content (AvgIpc) is 0.768. The topological polar surface area (TPSA) is 770 Å². The molecule has 0 radical (unpaired) electrons. The molecular weight excluding hydrogens is 1500 g/mol. The molecule has 0 aliphatic carbocycles. The molecule has 0 saturated carbocycles. The Bertz CT molecular complexity index is 2840. The lowest BCUT2D eigenvalue weighted by Gasteiger charge is -2.51. The fraction of sp³-hybridized carbons (Fsp3) is 0.950. The maximum atomic E-state index is 12.9. The highest BCUT2D eigenvalue weighted by atomic mass is 16.8. The van der Waals surface area contributed by atoms with Gasteiger partial charge in [-0.2, -0.15) is 0 Å². The van der Waals surface area contributed by atoms with E-state index in [1.165, 1.54) is 0 Å². The molecule has 9 heterocycles. The highest BCUT2D eigenvalue weighted by Gasteiger charge is 2.61. The third-order valence-corrected chi connectivity index (χ3v) is 20.0. The SMILES string of the molecule is CC(=O)N[C@H]1[C@H](O[C@H]2[C@H](O)[C@@H](NC(C)=O)C(O)O[C@@H]2CO)O[C@H](CO)[C@@H](O[C@@H]2O[C@H](CO[C@H]3O[C@H](CO)[C@@H](O)[C@H](O[C@H]4O[C@H](CO)[C@@H](O)[C@H](O)[C@@H]4O[C@H]4O[C@H](CO)[C@@H](O)[C@H](O)[C@@H]4O)[C@@H]3O)[C@@H](O)[C@H](O[C@H]3O[C@H](CO)[C@@H](O)[C@H](O)[C@@H]3O[C@@H]3O[C@H](CO)[C@@H](O[C@@H]4O[C@H](CO)[C@H](O)[C@H](O)[C@H]4O)[C@H](O)[C@H]3NC(C)=O)[C@@H]2O)[C@@H]1O. The Morgan fingerprint density at radius 1 is 0.239 bits per heavy atom. The van der Waals surface area contributed by atoms with Crippen LogP contribution in [-0.4, -0.2) is 486 Å². The van der Waals surface area contributed by atoms with Crippen LogP contribution in [0.1, 0.15) is 20.8 Å². The second-order valence-electron chi connectivity index (χ2n) is 27.4. The van der Waals surface area contributed by atoms with Gasteiger partial charge < -0.3 is 229 Å². The first-order valence-corrected chi connectivity index (χ1v) is 34.6. The number of hydrogen-bond donors (Lipinski definition) is 29. The van der Waals surface area contributed by atoms with Crippen LogP contribution in [0.5, 0.6) is 0 Å². The summed E-state index contributed by atoms with van der Waals surface area (Å²) in [6.07, 6.45) is -87.7. The number of hydrogen-bond acceptors (Lipinski definition) is 46. The van der Waals surface area contributed by atoms with Crippen LogP contribution in [0, 0.1) is 0 Å². The highest BCUT2D eigenvalue weighted by Crippen LogP contribution is 2.40. The first-order valence-electron chi connectivity index (χ1n) is 34.6. The normalized spacial score (nSPS) is 50.0. The van der Waals surface area contributed by atoms with Gasteiger partial charge in [0.2, 0.25) is 17.7 Å². The van der Waals surface area contributed by atoms with E-state index in [4.69, 9.17) is 80.5 Å². The summed E-state index contributed by atoms with van der Waals surface area (Å²) in [5.41, 5.74) is 0. The third-order valence-electron chi connectivity index (χ3n) is 20.0. The van der Waals surface area contributed by atoms with Gasteiger partial charge in [0.25, 0.3) is 0 Å². The standard InChI is InChI=1S/C60H101N3O46/c1-13(72)61-25-34(81)45(21(9-69)94-52(25)92)103-53-26(62-14(2)73)35(82)47(23(11-71)100-53)105-58-44(91)49(107-59-50(39(86)30(77)18(6-66)98-59)108-54-27(63-15(3)74)36(83)46(22(10-70)101-54)104-56-41(88)37(84)28(75)16(4-64)96-56)33(80)24(102-58)12-93-55-43(90)48(32(79)20(8-68)95-55)106-60-51(40(87)31(78)19(7-67)99-60)109-57-42(89)38(85)29(76)17(5-65)97-57/h16-60,64-71,75-92H,4-12H2,1-3H3,(H,61,72)(H,62,73)(H,63,74)/t16-,17-,18-,19-,20-,21-,22-,23-,24-,25-,26-,27-,28+,29-,30-,31-,32-,33-,34-,35-,36-,37+,38+,39+,40+,41-,42+,43+,44+,45-,46-,47-,48+,49+,50+,51+,52?,53+,54+,55+,56+,57-,58+,59-,60-/m1/s1. The van der Waals surface area contributed by atoms with Gasteiger partial charge in [-0.3, -0.25) is 14.4 Å². The van der Waals surface area contributed by atoms with Gasteiger partial charge >= 0.3 is 0 Å². The minimum absolute atomic E-state index is 0.784. The Morgan fingerprint density at radius 3 is 0.881 bits per heavy atom. The Kier molecular flexibility index (Phi) is 32.1. The summed E-state index contributed by atoms with van der Waals surface area (Å²) in [5, 5.41) is 294. The van der Waals surface area contributed by atoms with E-state index in [0.29, 0.717) is 0 Å².